The number of methoxy groups -OCH3 is 1. The average Bonchev–Trinajstić information content (AvgIpc) is 3.42. The first-order valence-electron chi connectivity index (χ1n) is 20.0. The molecule has 2 aromatic rings. The number of cyclic esters (lactones) is 1. The van der Waals surface area contributed by atoms with Crippen LogP contribution in [0.4, 0.5) is 4.79 Å². The average molecular weight is 778 g/mol. The van der Waals surface area contributed by atoms with Gasteiger partial charge in [-0.2, -0.15) is 0 Å². The Morgan fingerprint density at radius 2 is 1.75 bits per heavy atom. The fourth-order valence-electron chi connectivity index (χ4n) is 9.17. The van der Waals surface area contributed by atoms with E-state index >= 15 is 0 Å². The van der Waals surface area contributed by atoms with Crippen LogP contribution < -0.4 is 5.43 Å². The number of esters is 1. The van der Waals surface area contributed by atoms with Crippen LogP contribution in [-0.4, -0.2) is 115 Å². The minimum Gasteiger partial charge on any atom is -0.455 e. The third-order valence-corrected chi connectivity index (χ3v) is 12.2. The van der Waals surface area contributed by atoms with Gasteiger partial charge in [0.15, 0.2) is 11.9 Å². The fourth-order valence-corrected chi connectivity index (χ4v) is 9.17. The van der Waals surface area contributed by atoms with E-state index in [1.54, 1.807) is 34.0 Å². The lowest BCUT2D eigenvalue weighted by molar-refractivity contribution is -0.294. The highest BCUT2D eigenvalue weighted by Crippen LogP contribution is 2.42. The van der Waals surface area contributed by atoms with Crippen molar-refractivity contribution in [3.8, 4) is 0 Å². The second-order valence-corrected chi connectivity index (χ2v) is 16.7. The van der Waals surface area contributed by atoms with E-state index in [0.717, 1.165) is 16.3 Å². The van der Waals surface area contributed by atoms with Crippen LogP contribution in [0.15, 0.2) is 60.2 Å². The maximum absolute atomic E-state index is 14.7. The summed E-state index contributed by atoms with van der Waals surface area (Å²) in [4.78, 5) is 44.3. The molecule has 0 aliphatic carbocycles. The molecule has 0 bridgehead atoms. The molecule has 0 aromatic heterocycles. The van der Waals surface area contributed by atoms with Gasteiger partial charge in [-0.05, 0) is 77.4 Å². The number of amides is 1. The maximum atomic E-state index is 14.7. The van der Waals surface area contributed by atoms with E-state index in [1.807, 2.05) is 90.0 Å². The number of benzene rings is 2. The number of hydrogen-bond acceptors (Lipinski definition) is 11. The molecule has 0 saturated carbocycles. The number of nitrogens with zero attached hydrogens (tertiary/aromatic N) is 2. The highest BCUT2D eigenvalue weighted by molar-refractivity contribution is 5.90. The topological polar surface area (TPSA) is 136 Å². The van der Waals surface area contributed by atoms with Crippen molar-refractivity contribution in [2.24, 2.45) is 17.8 Å². The van der Waals surface area contributed by atoms with E-state index in [9.17, 15) is 19.5 Å². The van der Waals surface area contributed by atoms with Crippen molar-refractivity contribution in [2.75, 3.05) is 27.7 Å². The summed E-state index contributed by atoms with van der Waals surface area (Å²) in [6.45, 7) is 14.9. The number of carbonyl (C=O) groups excluding carboxylic acids is 3. The van der Waals surface area contributed by atoms with E-state index in [4.69, 9.17) is 23.7 Å². The molecule has 5 rings (SSSR count). The Hall–Kier alpha value is -3.65. The number of carbonyl (C=O) groups is 3. The van der Waals surface area contributed by atoms with Crippen LogP contribution in [0.3, 0.4) is 0 Å². The van der Waals surface area contributed by atoms with Gasteiger partial charge in [-0.3, -0.25) is 4.79 Å². The van der Waals surface area contributed by atoms with Crippen molar-refractivity contribution in [2.45, 2.75) is 129 Å². The molecule has 0 unspecified atom stereocenters. The molecule has 2 saturated heterocycles. The smallest absolute Gasteiger partial charge is 0.425 e. The van der Waals surface area contributed by atoms with Gasteiger partial charge in [0.05, 0.1) is 17.8 Å². The van der Waals surface area contributed by atoms with E-state index in [0.29, 0.717) is 18.4 Å². The zero-order valence-electron chi connectivity index (χ0n) is 35.0. The van der Waals surface area contributed by atoms with E-state index in [1.165, 1.54) is 5.01 Å². The molecular formula is C44H63N3O9. The van der Waals surface area contributed by atoms with Gasteiger partial charge in [-0.25, -0.2) is 20.0 Å². The summed E-state index contributed by atoms with van der Waals surface area (Å²) < 4.78 is 31.5. The minimum atomic E-state index is -1.37. The summed E-state index contributed by atoms with van der Waals surface area (Å²) >= 11 is 0. The number of rotatable bonds is 9. The highest BCUT2D eigenvalue weighted by Gasteiger charge is 2.60. The molecule has 3 aliphatic rings. The summed E-state index contributed by atoms with van der Waals surface area (Å²) in [5.74, 6) is -2.47. The summed E-state index contributed by atoms with van der Waals surface area (Å²) in [7, 11) is 5.40. The number of aliphatic hydroxyl groups is 1. The summed E-state index contributed by atoms with van der Waals surface area (Å²) in [5.41, 5.74) is 2.13. The van der Waals surface area contributed by atoms with Gasteiger partial charge in [0.25, 0.3) is 0 Å². The van der Waals surface area contributed by atoms with Gasteiger partial charge in [0.2, 0.25) is 0 Å². The van der Waals surface area contributed by atoms with Crippen LogP contribution >= 0.6 is 0 Å². The largest absolute Gasteiger partial charge is 0.455 e. The number of hydrazine groups is 1. The van der Waals surface area contributed by atoms with Crippen LogP contribution in [-0.2, 0) is 33.3 Å². The number of ketones is 1. The van der Waals surface area contributed by atoms with Crippen molar-refractivity contribution >= 4 is 34.7 Å². The third kappa shape index (κ3) is 8.90. The number of fused-ring (bicyclic) bond motifs is 2. The molecule has 12 heteroatoms. The quantitative estimate of drug-likeness (QED) is 0.278. The Balaban J connectivity index is 1.49. The lowest BCUT2D eigenvalue weighted by Crippen LogP contribution is -2.60. The molecule has 0 spiro atoms. The van der Waals surface area contributed by atoms with Gasteiger partial charge >= 0.3 is 12.1 Å². The normalized spacial score (nSPS) is 37.3. The Bertz CT molecular complexity index is 1780. The van der Waals surface area contributed by atoms with E-state index < -0.39 is 71.7 Å². The molecular weight excluding hydrogens is 714 g/mol. The van der Waals surface area contributed by atoms with Crippen LogP contribution in [0.25, 0.3) is 16.8 Å². The lowest BCUT2D eigenvalue weighted by Gasteiger charge is -2.46. The number of hydrogen-bond donors (Lipinski definition) is 2. The zero-order chi connectivity index (χ0) is 41.1. The molecule has 0 radical (unpaired) electrons. The molecule has 3 aliphatic heterocycles. The van der Waals surface area contributed by atoms with Crippen LogP contribution in [0.5, 0.6) is 0 Å². The van der Waals surface area contributed by atoms with Crippen molar-refractivity contribution < 1.29 is 43.2 Å². The molecule has 12 nitrogen and oxygen atoms in total. The predicted molar refractivity (Wildman–Crippen MR) is 215 cm³/mol. The van der Waals surface area contributed by atoms with Crippen molar-refractivity contribution in [3.63, 3.8) is 0 Å². The Morgan fingerprint density at radius 3 is 2.43 bits per heavy atom. The Morgan fingerprint density at radius 1 is 1.05 bits per heavy atom. The Kier molecular flexibility index (Phi) is 13.9. The second-order valence-electron chi connectivity index (χ2n) is 16.7. The lowest BCUT2D eigenvalue weighted by atomic mass is 9.74. The molecule has 3 heterocycles. The molecule has 2 N–H and O–H groups in total. The zero-order valence-corrected chi connectivity index (χ0v) is 35.0. The first-order chi connectivity index (χ1) is 26.4. The first-order valence-corrected chi connectivity index (χ1v) is 20.0. The number of likely N-dealkylation sites (N-methyl/N-ethyl adjacent to an activating group) is 1. The number of Topliss-reactive ketones (excluding diaryl/α,β-unsaturated/α-hetero) is 1. The van der Waals surface area contributed by atoms with Crippen LogP contribution in [0.2, 0.25) is 0 Å². The van der Waals surface area contributed by atoms with Crippen molar-refractivity contribution in [1.82, 2.24) is 15.3 Å². The molecule has 308 valence electrons. The fraction of sp³-hybridized carbons (Fsp3) is 0.614. The van der Waals surface area contributed by atoms with Gasteiger partial charge < -0.3 is 33.7 Å². The molecule has 2 fully saturated rings. The number of aliphatic hydroxyl groups excluding tert-OH is 1. The van der Waals surface area contributed by atoms with Crippen molar-refractivity contribution in [1.29, 1.82) is 0 Å². The van der Waals surface area contributed by atoms with Gasteiger partial charge in [0, 0.05) is 43.0 Å². The molecule has 56 heavy (non-hydrogen) atoms. The predicted octanol–water partition coefficient (Wildman–Crippen LogP) is 6.30. The maximum Gasteiger partial charge on any atom is 0.425 e. The third-order valence-electron chi connectivity index (χ3n) is 12.2. The van der Waals surface area contributed by atoms with Crippen molar-refractivity contribution in [3.05, 3.63) is 65.8 Å². The van der Waals surface area contributed by atoms with E-state index in [-0.39, 0.29) is 30.9 Å². The second kappa shape index (κ2) is 17.9. The summed E-state index contributed by atoms with van der Waals surface area (Å²) in [6, 6.07) is 13.2. The monoisotopic (exact) mass is 777 g/mol. The van der Waals surface area contributed by atoms with Crippen LogP contribution in [0, 0.1) is 17.8 Å². The summed E-state index contributed by atoms with van der Waals surface area (Å²) in [5, 5.41) is 15.1. The first kappa shape index (κ1) is 43.5. The molecule has 1 amide bonds. The standard InChI is InChI=1S/C44H63N3O9/c1-12-35-44(8)38(47(42(51)56-44)45-22-16-20-32-19-15-18-31-17-13-14-21-33(31)32)30(6)36(48)28(4)25-43(7,52-11)39(26(2)23-27(3)40(50)54-35)55-41-37(49)34(46(9)10)24-29(5)53-41/h13-21,23,26,28-30,34-35,37-39,41,45,49H,12,22,24-25H2,1-11H3/b20-16+,27-23+/t26-,28+,29+,30-,34-,35+,37+,38+,39+,41-,43-,44+/m0/s1. The molecule has 2 aromatic carbocycles. The van der Waals surface area contributed by atoms with Gasteiger partial charge in [0.1, 0.15) is 24.0 Å². The minimum absolute atomic E-state index is 0.118. The summed E-state index contributed by atoms with van der Waals surface area (Å²) in [6.07, 6.45) is 2.47. The van der Waals surface area contributed by atoms with Crippen LogP contribution in [0.1, 0.15) is 80.2 Å². The van der Waals surface area contributed by atoms with Gasteiger partial charge in [-0.1, -0.05) is 88.4 Å². The number of nitrogens with one attached hydrogen (secondary N) is 1. The van der Waals surface area contributed by atoms with Gasteiger partial charge in [-0.15, -0.1) is 0 Å². The van der Waals surface area contributed by atoms with E-state index in [2.05, 4.69) is 23.6 Å². The molecule has 12 atom stereocenters. The number of ether oxygens (including phenoxy) is 5. The highest BCUT2D eigenvalue weighted by atomic mass is 16.7. The SMILES string of the molecule is CC[C@H]1OC(=O)/C(C)=C/[C@H](C)[C@@H](O[C@@H]2O[C@H](C)C[C@H](N(C)C)[C@H]2O)[C@@](C)(OC)C[C@@H](C)C(=O)[C@H](C)[C@H]2N(NC/C=C/c3cccc4ccccc34)C(=O)O[C@]12C. The Labute approximate surface area is 332 Å².